The zero-order chi connectivity index (χ0) is 14.3. The van der Waals surface area contributed by atoms with Gasteiger partial charge in [0.1, 0.15) is 0 Å². The molecule has 2 nitrogen and oxygen atoms in total. The van der Waals surface area contributed by atoms with Crippen molar-refractivity contribution in [3.8, 4) is 0 Å². The molecule has 1 aliphatic heterocycles. The van der Waals surface area contributed by atoms with E-state index in [1.54, 1.807) is 38.5 Å². The molecule has 0 aromatic heterocycles. The van der Waals surface area contributed by atoms with Gasteiger partial charge in [-0.05, 0) is 100 Å². The summed E-state index contributed by atoms with van der Waals surface area (Å²) in [6.45, 7) is 8.96. The second kappa shape index (κ2) is 5.85. The largest absolute Gasteiger partial charge is 0.317 e. The van der Waals surface area contributed by atoms with E-state index in [0.717, 1.165) is 29.1 Å². The molecule has 5 fully saturated rings. The lowest BCUT2D eigenvalue weighted by atomic mass is 9.49. The third-order valence-corrected chi connectivity index (χ3v) is 7.15. The first kappa shape index (κ1) is 14.5. The molecular formula is C19H34N2. The Kier molecular flexibility index (Phi) is 4.04. The number of rotatable bonds is 5. The molecule has 1 saturated heterocycles. The van der Waals surface area contributed by atoms with Gasteiger partial charge in [-0.1, -0.05) is 6.92 Å². The van der Waals surface area contributed by atoms with Gasteiger partial charge in [0.2, 0.25) is 0 Å². The SMILES string of the molecule is CCN(CC1CCNCC1)CC12CC3CC(CC(C3)C1)C2. The lowest BCUT2D eigenvalue weighted by Crippen LogP contribution is -2.52. The molecule has 2 heteroatoms. The van der Waals surface area contributed by atoms with E-state index in [1.165, 1.54) is 45.6 Å². The van der Waals surface area contributed by atoms with Crippen molar-refractivity contribution in [2.45, 2.75) is 58.3 Å². The van der Waals surface area contributed by atoms with Crippen molar-refractivity contribution in [2.24, 2.45) is 29.1 Å². The van der Waals surface area contributed by atoms with Crippen molar-refractivity contribution < 1.29 is 0 Å². The van der Waals surface area contributed by atoms with Crippen molar-refractivity contribution in [1.29, 1.82) is 0 Å². The molecule has 4 aliphatic carbocycles. The molecule has 5 aliphatic rings. The van der Waals surface area contributed by atoms with Crippen molar-refractivity contribution in [3.63, 3.8) is 0 Å². The predicted octanol–water partition coefficient (Wildman–Crippen LogP) is 3.52. The average Bonchev–Trinajstić information content (AvgIpc) is 2.46. The van der Waals surface area contributed by atoms with E-state index < -0.39 is 0 Å². The summed E-state index contributed by atoms with van der Waals surface area (Å²) in [6, 6.07) is 0. The van der Waals surface area contributed by atoms with Gasteiger partial charge in [0.05, 0.1) is 0 Å². The minimum Gasteiger partial charge on any atom is -0.317 e. The van der Waals surface area contributed by atoms with Gasteiger partial charge in [-0.25, -0.2) is 0 Å². The number of hydrogen-bond acceptors (Lipinski definition) is 2. The van der Waals surface area contributed by atoms with E-state index in [2.05, 4.69) is 17.1 Å². The molecule has 4 saturated carbocycles. The fraction of sp³-hybridized carbons (Fsp3) is 1.00. The first-order chi connectivity index (χ1) is 10.2. The summed E-state index contributed by atoms with van der Waals surface area (Å²) < 4.78 is 0. The summed E-state index contributed by atoms with van der Waals surface area (Å²) in [4.78, 5) is 2.84. The van der Waals surface area contributed by atoms with Gasteiger partial charge in [-0.15, -0.1) is 0 Å². The average molecular weight is 290 g/mol. The Labute approximate surface area is 131 Å². The third-order valence-electron chi connectivity index (χ3n) is 7.15. The highest BCUT2D eigenvalue weighted by molar-refractivity contribution is 5.02. The maximum Gasteiger partial charge on any atom is 0.00383 e. The molecule has 0 spiro atoms. The Balaban J connectivity index is 1.39. The van der Waals surface area contributed by atoms with Crippen molar-refractivity contribution in [2.75, 3.05) is 32.7 Å². The highest BCUT2D eigenvalue weighted by Gasteiger charge is 2.51. The van der Waals surface area contributed by atoms with E-state index in [1.807, 2.05) is 0 Å². The molecule has 5 rings (SSSR count). The smallest absolute Gasteiger partial charge is 0.00383 e. The Hall–Kier alpha value is -0.0800. The number of nitrogens with zero attached hydrogens (tertiary/aromatic N) is 1. The molecule has 120 valence electrons. The van der Waals surface area contributed by atoms with Crippen LogP contribution in [-0.2, 0) is 0 Å². The summed E-state index contributed by atoms with van der Waals surface area (Å²) in [5, 5.41) is 3.51. The number of hydrogen-bond donors (Lipinski definition) is 1. The summed E-state index contributed by atoms with van der Waals surface area (Å²) >= 11 is 0. The second-order valence-electron chi connectivity index (χ2n) is 8.94. The van der Waals surface area contributed by atoms with Crippen LogP contribution in [0.1, 0.15) is 58.3 Å². The van der Waals surface area contributed by atoms with Crippen LogP contribution in [0.4, 0.5) is 0 Å². The number of nitrogens with one attached hydrogen (secondary N) is 1. The highest BCUT2D eigenvalue weighted by Crippen LogP contribution is 2.60. The van der Waals surface area contributed by atoms with Crippen LogP contribution in [0.5, 0.6) is 0 Å². The topological polar surface area (TPSA) is 15.3 Å². The van der Waals surface area contributed by atoms with Gasteiger partial charge in [0, 0.05) is 13.1 Å². The van der Waals surface area contributed by atoms with Gasteiger partial charge in [0.25, 0.3) is 0 Å². The van der Waals surface area contributed by atoms with Gasteiger partial charge < -0.3 is 10.2 Å². The molecule has 21 heavy (non-hydrogen) atoms. The van der Waals surface area contributed by atoms with E-state index in [9.17, 15) is 0 Å². The van der Waals surface area contributed by atoms with Gasteiger partial charge in [-0.3, -0.25) is 0 Å². The molecule has 4 bridgehead atoms. The minimum absolute atomic E-state index is 0.734. The summed E-state index contributed by atoms with van der Waals surface area (Å²) in [5.74, 6) is 4.27. The minimum atomic E-state index is 0.734. The molecule has 1 heterocycles. The van der Waals surface area contributed by atoms with Crippen LogP contribution in [0.3, 0.4) is 0 Å². The van der Waals surface area contributed by atoms with E-state index in [-0.39, 0.29) is 0 Å². The van der Waals surface area contributed by atoms with Crippen LogP contribution in [0.2, 0.25) is 0 Å². The van der Waals surface area contributed by atoms with Crippen LogP contribution in [0.25, 0.3) is 0 Å². The Morgan fingerprint density at radius 2 is 1.52 bits per heavy atom. The first-order valence-corrected chi connectivity index (χ1v) is 9.68. The van der Waals surface area contributed by atoms with Crippen LogP contribution >= 0.6 is 0 Å². The summed E-state index contributed by atoms with van der Waals surface area (Å²) in [5.41, 5.74) is 0.734. The van der Waals surface area contributed by atoms with E-state index in [4.69, 9.17) is 0 Å². The molecule has 0 unspecified atom stereocenters. The van der Waals surface area contributed by atoms with Gasteiger partial charge in [0.15, 0.2) is 0 Å². The molecule has 1 N–H and O–H groups in total. The van der Waals surface area contributed by atoms with Crippen LogP contribution in [0.15, 0.2) is 0 Å². The summed E-state index contributed by atoms with van der Waals surface area (Å²) in [6.07, 6.45) is 12.3. The lowest BCUT2D eigenvalue weighted by Gasteiger charge is -2.58. The Bertz CT molecular complexity index is 323. The normalized spacial score (nSPS) is 42.9. The highest BCUT2D eigenvalue weighted by atomic mass is 15.1. The van der Waals surface area contributed by atoms with E-state index >= 15 is 0 Å². The fourth-order valence-electron chi connectivity index (χ4n) is 6.69. The third kappa shape index (κ3) is 3.03. The van der Waals surface area contributed by atoms with Crippen molar-refractivity contribution >= 4 is 0 Å². The maximum atomic E-state index is 3.51. The fourth-order valence-corrected chi connectivity index (χ4v) is 6.69. The zero-order valence-electron chi connectivity index (χ0n) is 13.9. The summed E-state index contributed by atoms with van der Waals surface area (Å²) in [7, 11) is 0. The zero-order valence-corrected chi connectivity index (χ0v) is 13.9. The standard InChI is InChI=1S/C19H34N2/c1-2-21(13-15-3-5-20-6-4-15)14-19-10-16-7-17(11-19)9-18(8-16)12-19/h15-18,20H,2-14H2,1H3. The van der Waals surface area contributed by atoms with Crippen LogP contribution < -0.4 is 5.32 Å². The monoisotopic (exact) mass is 290 g/mol. The molecule has 0 amide bonds. The van der Waals surface area contributed by atoms with Crippen molar-refractivity contribution in [1.82, 2.24) is 10.2 Å². The number of piperidine rings is 1. The first-order valence-electron chi connectivity index (χ1n) is 9.68. The van der Waals surface area contributed by atoms with Gasteiger partial charge in [-0.2, -0.15) is 0 Å². The molecular weight excluding hydrogens is 256 g/mol. The molecule has 0 aromatic rings. The Morgan fingerprint density at radius 1 is 0.952 bits per heavy atom. The quantitative estimate of drug-likeness (QED) is 0.833. The molecule has 0 radical (unpaired) electrons. The van der Waals surface area contributed by atoms with Crippen LogP contribution in [-0.4, -0.2) is 37.6 Å². The van der Waals surface area contributed by atoms with Crippen molar-refractivity contribution in [3.05, 3.63) is 0 Å². The van der Waals surface area contributed by atoms with Gasteiger partial charge >= 0.3 is 0 Å². The van der Waals surface area contributed by atoms with E-state index in [0.29, 0.717) is 0 Å². The second-order valence-corrected chi connectivity index (χ2v) is 8.94. The maximum absolute atomic E-state index is 3.51. The predicted molar refractivity (Wildman–Crippen MR) is 88.3 cm³/mol. The molecule has 0 aromatic carbocycles. The molecule has 0 atom stereocenters. The van der Waals surface area contributed by atoms with Crippen LogP contribution in [0, 0.1) is 29.1 Å². The Morgan fingerprint density at radius 3 is 2.05 bits per heavy atom. The lowest BCUT2D eigenvalue weighted by molar-refractivity contribution is -0.0703.